The quantitative estimate of drug-likeness (QED) is 0.653. The summed E-state index contributed by atoms with van der Waals surface area (Å²) in [6, 6.07) is 15.7. The van der Waals surface area contributed by atoms with E-state index in [1.807, 2.05) is 12.1 Å². The van der Waals surface area contributed by atoms with Gasteiger partial charge < -0.3 is 9.80 Å². The van der Waals surface area contributed by atoms with E-state index in [2.05, 4.69) is 39.0 Å². The van der Waals surface area contributed by atoms with Gasteiger partial charge in [0.2, 0.25) is 5.95 Å². The first kappa shape index (κ1) is 20.5. The number of fused-ring (bicyclic) bond motifs is 3. The summed E-state index contributed by atoms with van der Waals surface area (Å²) in [5, 5.41) is 0. The molecule has 170 valence electrons. The molecule has 3 aliphatic rings. The summed E-state index contributed by atoms with van der Waals surface area (Å²) < 4.78 is 14.4. The van der Waals surface area contributed by atoms with E-state index in [0.717, 1.165) is 80.9 Å². The number of aromatic nitrogens is 2. The van der Waals surface area contributed by atoms with Crippen LogP contribution < -0.4 is 15.4 Å². The van der Waals surface area contributed by atoms with E-state index in [0.29, 0.717) is 6.54 Å². The molecule has 0 unspecified atom stereocenters. The lowest BCUT2D eigenvalue weighted by Gasteiger charge is -2.40. The maximum atomic E-state index is 14.4. The Labute approximate surface area is 193 Å². The van der Waals surface area contributed by atoms with Gasteiger partial charge in [0.05, 0.1) is 5.69 Å². The van der Waals surface area contributed by atoms with Crippen LogP contribution in [-0.4, -0.2) is 29.6 Å². The summed E-state index contributed by atoms with van der Waals surface area (Å²) >= 11 is 0. The molecule has 0 atom stereocenters. The van der Waals surface area contributed by atoms with Gasteiger partial charge in [-0.1, -0.05) is 36.4 Å². The minimum absolute atomic E-state index is 0.0391. The van der Waals surface area contributed by atoms with Crippen LogP contribution in [0.25, 0.3) is 0 Å². The highest BCUT2D eigenvalue weighted by Crippen LogP contribution is 2.47. The molecule has 1 spiro atoms. The zero-order valence-electron chi connectivity index (χ0n) is 18.8. The summed E-state index contributed by atoms with van der Waals surface area (Å²) in [4.78, 5) is 25.1. The van der Waals surface area contributed by atoms with Gasteiger partial charge in [0.25, 0.3) is 5.56 Å². The summed E-state index contributed by atoms with van der Waals surface area (Å²) in [6.07, 6.45) is 5.90. The van der Waals surface area contributed by atoms with Gasteiger partial charge in [-0.15, -0.1) is 0 Å². The molecule has 1 fully saturated rings. The Morgan fingerprint density at radius 3 is 2.61 bits per heavy atom. The van der Waals surface area contributed by atoms with Crippen LogP contribution in [0.4, 0.5) is 16.0 Å². The second-order valence-corrected chi connectivity index (χ2v) is 9.75. The van der Waals surface area contributed by atoms with Gasteiger partial charge in [0.1, 0.15) is 5.82 Å². The van der Waals surface area contributed by atoms with Crippen molar-refractivity contribution >= 4 is 11.6 Å². The van der Waals surface area contributed by atoms with Gasteiger partial charge in [0.15, 0.2) is 0 Å². The maximum Gasteiger partial charge on any atom is 0.255 e. The smallest absolute Gasteiger partial charge is 0.255 e. The van der Waals surface area contributed by atoms with E-state index in [4.69, 9.17) is 4.98 Å². The number of anilines is 2. The standard InChI is InChI=1S/C27H29FN4O/c28-22-10-4-1-7-19(22)17-32-18-27(21-9-3-6-12-24(21)32)13-15-31(16-14-27)26-29-23-11-5-2-8-20(23)25(33)30-26/h1,3-4,6-7,9-10,12H,2,5,8,11,13-18H2,(H,29,30,33). The van der Waals surface area contributed by atoms with Crippen LogP contribution in [0, 0.1) is 5.82 Å². The molecule has 1 N–H and O–H groups in total. The fraction of sp³-hybridized carbons (Fsp3) is 0.407. The number of aromatic amines is 1. The molecule has 2 aliphatic heterocycles. The fourth-order valence-electron chi connectivity index (χ4n) is 6.02. The first-order valence-corrected chi connectivity index (χ1v) is 12.1. The molecule has 0 saturated carbocycles. The van der Waals surface area contributed by atoms with Crippen LogP contribution in [-0.2, 0) is 24.8 Å². The number of nitrogens with one attached hydrogen (secondary N) is 1. The van der Waals surface area contributed by atoms with Gasteiger partial charge in [-0.3, -0.25) is 9.78 Å². The Balaban J connectivity index is 1.25. The molecule has 0 radical (unpaired) electrons. The van der Waals surface area contributed by atoms with Gasteiger partial charge in [-0.2, -0.15) is 0 Å². The van der Waals surface area contributed by atoms with E-state index in [9.17, 15) is 9.18 Å². The molecule has 1 aliphatic carbocycles. The molecule has 0 amide bonds. The predicted molar refractivity (Wildman–Crippen MR) is 129 cm³/mol. The lowest BCUT2D eigenvalue weighted by Crippen LogP contribution is -2.46. The lowest BCUT2D eigenvalue weighted by molar-refractivity contribution is 0.347. The van der Waals surface area contributed by atoms with Crippen molar-refractivity contribution in [2.75, 3.05) is 29.4 Å². The molecule has 0 bridgehead atoms. The number of benzene rings is 2. The van der Waals surface area contributed by atoms with Crippen LogP contribution in [0.5, 0.6) is 0 Å². The Kier molecular flexibility index (Phi) is 4.97. The van der Waals surface area contributed by atoms with Crippen molar-refractivity contribution in [1.82, 2.24) is 9.97 Å². The zero-order chi connectivity index (χ0) is 22.4. The predicted octanol–water partition coefficient (Wildman–Crippen LogP) is 4.35. The summed E-state index contributed by atoms with van der Waals surface area (Å²) in [5.41, 5.74) is 5.28. The Hall–Kier alpha value is -3.15. The zero-order valence-corrected chi connectivity index (χ0v) is 18.8. The second kappa shape index (κ2) is 8.01. The second-order valence-electron chi connectivity index (χ2n) is 9.75. The van der Waals surface area contributed by atoms with Crippen molar-refractivity contribution in [3.63, 3.8) is 0 Å². The van der Waals surface area contributed by atoms with Gasteiger partial charge in [0, 0.05) is 48.4 Å². The first-order chi connectivity index (χ1) is 16.1. The lowest BCUT2D eigenvalue weighted by atomic mass is 9.74. The molecule has 2 aromatic carbocycles. The molecule has 3 heterocycles. The average molecular weight is 445 g/mol. The minimum atomic E-state index is -0.145. The number of aryl methyl sites for hydroxylation is 1. The number of rotatable bonds is 3. The van der Waals surface area contributed by atoms with E-state index >= 15 is 0 Å². The number of halogens is 1. The van der Waals surface area contributed by atoms with Crippen molar-refractivity contribution in [2.45, 2.75) is 50.5 Å². The highest BCUT2D eigenvalue weighted by Gasteiger charge is 2.44. The van der Waals surface area contributed by atoms with Crippen molar-refractivity contribution in [2.24, 2.45) is 0 Å². The third kappa shape index (κ3) is 3.52. The summed E-state index contributed by atoms with van der Waals surface area (Å²) in [6.45, 7) is 3.17. The van der Waals surface area contributed by atoms with Gasteiger partial charge in [-0.05, 0) is 56.2 Å². The maximum absolute atomic E-state index is 14.4. The Morgan fingerprint density at radius 2 is 1.76 bits per heavy atom. The van der Waals surface area contributed by atoms with E-state index in [-0.39, 0.29) is 16.8 Å². The van der Waals surface area contributed by atoms with Crippen LogP contribution in [0.1, 0.15) is 48.1 Å². The molecule has 5 nitrogen and oxygen atoms in total. The van der Waals surface area contributed by atoms with Gasteiger partial charge >= 0.3 is 0 Å². The van der Waals surface area contributed by atoms with Crippen molar-refractivity contribution < 1.29 is 4.39 Å². The number of piperidine rings is 1. The molecule has 6 rings (SSSR count). The third-order valence-corrected chi connectivity index (χ3v) is 7.83. The molecule has 1 aromatic heterocycles. The first-order valence-electron chi connectivity index (χ1n) is 12.1. The number of H-pyrrole nitrogens is 1. The fourth-order valence-corrected chi connectivity index (χ4v) is 6.02. The number of nitrogens with zero attached hydrogens (tertiary/aromatic N) is 3. The third-order valence-electron chi connectivity index (χ3n) is 7.83. The molecule has 33 heavy (non-hydrogen) atoms. The molecule has 3 aromatic rings. The Morgan fingerprint density at radius 1 is 1.00 bits per heavy atom. The van der Waals surface area contributed by atoms with Crippen molar-refractivity contribution in [1.29, 1.82) is 0 Å². The van der Waals surface area contributed by atoms with Crippen LogP contribution in [0.2, 0.25) is 0 Å². The van der Waals surface area contributed by atoms with Crippen LogP contribution >= 0.6 is 0 Å². The largest absolute Gasteiger partial charge is 0.366 e. The number of para-hydroxylation sites is 1. The monoisotopic (exact) mass is 444 g/mol. The SMILES string of the molecule is O=c1[nH]c(N2CCC3(CC2)CN(Cc2ccccc2F)c2ccccc23)nc2c1CCCC2. The molecular formula is C27H29FN4O. The van der Waals surface area contributed by atoms with Crippen LogP contribution in [0.15, 0.2) is 53.3 Å². The van der Waals surface area contributed by atoms with Crippen molar-refractivity contribution in [3.8, 4) is 0 Å². The normalized spacial score (nSPS) is 18.9. The van der Waals surface area contributed by atoms with E-state index in [1.54, 1.807) is 6.07 Å². The minimum Gasteiger partial charge on any atom is -0.366 e. The highest BCUT2D eigenvalue weighted by molar-refractivity contribution is 5.63. The Bertz CT molecular complexity index is 1240. The summed E-state index contributed by atoms with van der Waals surface area (Å²) in [5.74, 6) is 0.582. The van der Waals surface area contributed by atoms with Crippen LogP contribution in [0.3, 0.4) is 0 Å². The van der Waals surface area contributed by atoms with Gasteiger partial charge in [-0.25, -0.2) is 9.37 Å². The highest BCUT2D eigenvalue weighted by atomic mass is 19.1. The van der Waals surface area contributed by atoms with Crippen molar-refractivity contribution in [3.05, 3.63) is 87.1 Å². The molecule has 1 saturated heterocycles. The average Bonchev–Trinajstić information content (AvgIpc) is 3.14. The number of hydrogen-bond donors (Lipinski definition) is 1. The topological polar surface area (TPSA) is 52.2 Å². The van der Waals surface area contributed by atoms with E-state index < -0.39 is 0 Å². The summed E-state index contributed by atoms with van der Waals surface area (Å²) in [7, 11) is 0. The van der Waals surface area contributed by atoms with E-state index in [1.165, 1.54) is 17.3 Å². The number of hydrogen-bond acceptors (Lipinski definition) is 4. The molecular weight excluding hydrogens is 415 g/mol. The molecule has 6 heteroatoms.